The number of rotatable bonds is 4. The summed E-state index contributed by atoms with van der Waals surface area (Å²) in [5, 5.41) is 9.19. The standard InChI is InChI=1S/C16H22N2O4/c1-5-11-13(10(4)19)9(3)17-14(11)15(20)18-6-8(2)12(7-18)16(21)22/h8,12,17H,5-7H2,1-4H3,(H,21,22)/t8-,12-/m1/s1. The molecule has 1 saturated heterocycles. The molecule has 0 radical (unpaired) electrons. The van der Waals surface area contributed by atoms with E-state index in [2.05, 4.69) is 4.98 Å². The zero-order chi connectivity index (χ0) is 16.6. The fraction of sp³-hybridized carbons (Fsp3) is 0.562. The molecular formula is C16H22N2O4. The molecule has 22 heavy (non-hydrogen) atoms. The van der Waals surface area contributed by atoms with Crippen LogP contribution in [0.3, 0.4) is 0 Å². The minimum absolute atomic E-state index is 0.0668. The number of amides is 1. The van der Waals surface area contributed by atoms with E-state index in [4.69, 9.17) is 0 Å². The van der Waals surface area contributed by atoms with Crippen molar-refractivity contribution in [3.8, 4) is 0 Å². The number of hydrogen-bond acceptors (Lipinski definition) is 3. The second kappa shape index (κ2) is 5.94. The largest absolute Gasteiger partial charge is 0.481 e. The highest BCUT2D eigenvalue weighted by Gasteiger charge is 2.38. The number of nitrogens with one attached hydrogen (secondary N) is 1. The summed E-state index contributed by atoms with van der Waals surface area (Å²) in [5.74, 6) is -1.76. The smallest absolute Gasteiger partial charge is 0.308 e. The van der Waals surface area contributed by atoms with E-state index in [-0.39, 0.29) is 24.2 Å². The Balaban J connectivity index is 2.33. The monoisotopic (exact) mass is 306 g/mol. The third kappa shape index (κ3) is 2.65. The van der Waals surface area contributed by atoms with E-state index in [1.165, 1.54) is 6.92 Å². The third-order valence-electron chi connectivity index (χ3n) is 4.43. The van der Waals surface area contributed by atoms with Crippen LogP contribution in [0.25, 0.3) is 0 Å². The number of nitrogens with zero attached hydrogens (tertiary/aromatic N) is 1. The molecule has 6 heteroatoms. The van der Waals surface area contributed by atoms with Crippen LogP contribution in [0.4, 0.5) is 0 Å². The first-order valence-electron chi connectivity index (χ1n) is 7.52. The highest BCUT2D eigenvalue weighted by molar-refractivity contribution is 6.02. The average Bonchev–Trinajstić information content (AvgIpc) is 2.98. The van der Waals surface area contributed by atoms with E-state index in [1.807, 2.05) is 13.8 Å². The molecule has 2 N–H and O–H groups in total. The maximum Gasteiger partial charge on any atom is 0.308 e. The summed E-state index contributed by atoms with van der Waals surface area (Å²) in [4.78, 5) is 40.3. The van der Waals surface area contributed by atoms with Crippen LogP contribution in [0, 0.1) is 18.8 Å². The molecule has 1 aliphatic rings. The van der Waals surface area contributed by atoms with Gasteiger partial charge in [0.2, 0.25) is 0 Å². The summed E-state index contributed by atoms with van der Waals surface area (Å²) in [6.07, 6.45) is 0.575. The Bertz CT molecular complexity index is 632. The molecule has 1 aromatic rings. The maximum atomic E-state index is 12.7. The summed E-state index contributed by atoms with van der Waals surface area (Å²) < 4.78 is 0. The molecule has 6 nitrogen and oxygen atoms in total. The zero-order valence-electron chi connectivity index (χ0n) is 13.4. The molecule has 0 bridgehead atoms. The summed E-state index contributed by atoms with van der Waals surface area (Å²) in [6.45, 7) is 7.64. The van der Waals surface area contributed by atoms with Gasteiger partial charge in [-0.15, -0.1) is 0 Å². The molecule has 0 unspecified atom stereocenters. The van der Waals surface area contributed by atoms with Gasteiger partial charge in [-0.2, -0.15) is 0 Å². The predicted octanol–water partition coefficient (Wildman–Crippen LogP) is 1.88. The van der Waals surface area contributed by atoms with E-state index < -0.39 is 11.9 Å². The summed E-state index contributed by atoms with van der Waals surface area (Å²) in [7, 11) is 0. The van der Waals surface area contributed by atoms with Crippen molar-refractivity contribution in [1.29, 1.82) is 0 Å². The van der Waals surface area contributed by atoms with Gasteiger partial charge in [-0.25, -0.2) is 0 Å². The molecule has 120 valence electrons. The lowest BCUT2D eigenvalue weighted by atomic mass is 9.99. The van der Waals surface area contributed by atoms with Gasteiger partial charge in [0.15, 0.2) is 5.78 Å². The molecule has 0 saturated carbocycles. The van der Waals surface area contributed by atoms with E-state index >= 15 is 0 Å². The molecule has 0 aromatic carbocycles. The van der Waals surface area contributed by atoms with Gasteiger partial charge in [0.25, 0.3) is 5.91 Å². The number of carbonyl (C=O) groups excluding carboxylic acids is 2. The Labute approximate surface area is 129 Å². The summed E-state index contributed by atoms with van der Waals surface area (Å²) in [5.41, 5.74) is 2.41. The number of hydrogen-bond donors (Lipinski definition) is 2. The highest BCUT2D eigenvalue weighted by atomic mass is 16.4. The normalized spacial score (nSPS) is 21.2. The van der Waals surface area contributed by atoms with Crippen molar-refractivity contribution in [2.45, 2.75) is 34.1 Å². The number of aryl methyl sites for hydroxylation is 1. The number of carbonyl (C=O) groups is 3. The number of carboxylic acid groups (broad SMARTS) is 1. The van der Waals surface area contributed by atoms with Gasteiger partial charge < -0.3 is 15.0 Å². The van der Waals surface area contributed by atoms with Crippen molar-refractivity contribution in [3.63, 3.8) is 0 Å². The van der Waals surface area contributed by atoms with E-state index in [1.54, 1.807) is 11.8 Å². The number of H-pyrrole nitrogens is 1. The van der Waals surface area contributed by atoms with Gasteiger partial charge in [0.05, 0.1) is 5.92 Å². The lowest BCUT2D eigenvalue weighted by molar-refractivity contribution is -0.142. The number of Topliss-reactive ketones (excluding diaryl/α,β-unsaturated/α-hetero) is 1. The Hall–Kier alpha value is -2.11. The number of carboxylic acids is 1. The van der Waals surface area contributed by atoms with Gasteiger partial charge >= 0.3 is 5.97 Å². The van der Waals surface area contributed by atoms with Crippen LogP contribution < -0.4 is 0 Å². The minimum Gasteiger partial charge on any atom is -0.481 e. The van der Waals surface area contributed by atoms with E-state index in [0.29, 0.717) is 29.9 Å². The third-order valence-corrected chi connectivity index (χ3v) is 4.43. The topological polar surface area (TPSA) is 90.5 Å². The lowest BCUT2D eigenvalue weighted by Crippen LogP contribution is -2.31. The molecule has 2 rings (SSSR count). The lowest BCUT2D eigenvalue weighted by Gasteiger charge is -2.16. The molecule has 2 heterocycles. The Morgan fingerprint density at radius 3 is 2.41 bits per heavy atom. The van der Waals surface area contributed by atoms with Crippen LogP contribution in [0.1, 0.15) is 52.9 Å². The van der Waals surface area contributed by atoms with E-state index in [9.17, 15) is 19.5 Å². The number of aromatic nitrogens is 1. The Morgan fingerprint density at radius 1 is 1.32 bits per heavy atom. The van der Waals surface area contributed by atoms with Crippen molar-refractivity contribution >= 4 is 17.7 Å². The van der Waals surface area contributed by atoms with Crippen LogP contribution in [0.15, 0.2) is 0 Å². The Kier molecular flexibility index (Phi) is 4.39. The Morgan fingerprint density at radius 2 is 1.95 bits per heavy atom. The molecule has 0 spiro atoms. The molecule has 2 atom stereocenters. The van der Waals surface area contributed by atoms with Crippen molar-refractivity contribution < 1.29 is 19.5 Å². The number of ketones is 1. The molecule has 1 aliphatic heterocycles. The minimum atomic E-state index is -0.870. The summed E-state index contributed by atoms with van der Waals surface area (Å²) >= 11 is 0. The first kappa shape index (κ1) is 16.3. The van der Waals surface area contributed by atoms with Crippen LogP contribution in [-0.4, -0.2) is 45.7 Å². The number of aromatic amines is 1. The SMILES string of the molecule is CCc1c(C(=O)N2C[C@@H](C)[C@H](C(=O)O)C2)[nH]c(C)c1C(C)=O. The second-order valence-electron chi connectivity index (χ2n) is 6.02. The van der Waals surface area contributed by atoms with Gasteiger partial charge in [-0.1, -0.05) is 13.8 Å². The van der Waals surface area contributed by atoms with Gasteiger partial charge in [-0.3, -0.25) is 14.4 Å². The van der Waals surface area contributed by atoms with Crippen molar-refractivity contribution in [2.24, 2.45) is 11.8 Å². The van der Waals surface area contributed by atoms with Crippen LogP contribution in [0.5, 0.6) is 0 Å². The first-order chi connectivity index (χ1) is 10.3. The second-order valence-corrected chi connectivity index (χ2v) is 6.02. The van der Waals surface area contributed by atoms with Crippen LogP contribution in [0.2, 0.25) is 0 Å². The fourth-order valence-electron chi connectivity index (χ4n) is 3.30. The average molecular weight is 306 g/mol. The van der Waals surface area contributed by atoms with Crippen LogP contribution >= 0.6 is 0 Å². The van der Waals surface area contributed by atoms with Crippen molar-refractivity contribution in [3.05, 3.63) is 22.5 Å². The summed E-state index contributed by atoms with van der Waals surface area (Å²) in [6, 6.07) is 0. The fourth-order valence-corrected chi connectivity index (χ4v) is 3.30. The van der Waals surface area contributed by atoms with Crippen molar-refractivity contribution in [1.82, 2.24) is 9.88 Å². The van der Waals surface area contributed by atoms with Gasteiger partial charge in [0.1, 0.15) is 5.69 Å². The molecular weight excluding hydrogens is 284 g/mol. The molecule has 0 aliphatic carbocycles. The number of aliphatic carboxylic acids is 1. The highest BCUT2D eigenvalue weighted by Crippen LogP contribution is 2.27. The van der Waals surface area contributed by atoms with Gasteiger partial charge in [0, 0.05) is 24.3 Å². The van der Waals surface area contributed by atoms with Gasteiger partial charge in [-0.05, 0) is 31.7 Å². The maximum absolute atomic E-state index is 12.7. The van der Waals surface area contributed by atoms with E-state index in [0.717, 1.165) is 5.56 Å². The zero-order valence-corrected chi connectivity index (χ0v) is 13.4. The first-order valence-corrected chi connectivity index (χ1v) is 7.52. The van der Waals surface area contributed by atoms with Crippen molar-refractivity contribution in [2.75, 3.05) is 13.1 Å². The molecule has 1 fully saturated rings. The number of likely N-dealkylation sites (tertiary alicyclic amines) is 1. The predicted molar refractivity (Wildman–Crippen MR) is 81.1 cm³/mol. The van der Waals surface area contributed by atoms with Crippen LogP contribution in [-0.2, 0) is 11.2 Å². The quantitative estimate of drug-likeness (QED) is 0.831. The molecule has 1 amide bonds. The molecule has 1 aromatic heterocycles.